The highest BCUT2D eigenvalue weighted by Gasteiger charge is 2.18. The number of anilines is 2. The topological polar surface area (TPSA) is 32.3 Å². The molecule has 2 fully saturated rings. The van der Waals surface area contributed by atoms with Gasteiger partial charge in [-0.05, 0) is 31.6 Å². The average Bonchev–Trinajstić information content (AvgIpc) is 2.71. The Balaban J connectivity index is 2.23. The second-order valence-corrected chi connectivity index (χ2v) is 2.83. The van der Waals surface area contributed by atoms with Crippen LogP contribution >= 0.6 is 0 Å². The van der Waals surface area contributed by atoms with E-state index in [9.17, 15) is 0 Å². The highest BCUT2D eigenvalue weighted by Crippen LogP contribution is 2.21. The Labute approximate surface area is 119 Å². The molecule has 2 aliphatic heterocycles. The first kappa shape index (κ1) is 2.57. The molecule has 1 aromatic heterocycles. The molecule has 16 heavy (non-hydrogen) atoms. The second kappa shape index (κ2) is 4.28. The summed E-state index contributed by atoms with van der Waals surface area (Å²) in [6, 6.07) is 0.862. The molecule has 0 amide bonds. The molecular formula is C12H18N4. The predicted molar refractivity (Wildman–Crippen MR) is 64.9 cm³/mol. The van der Waals surface area contributed by atoms with E-state index in [1.807, 2.05) is 0 Å². The maximum absolute atomic E-state index is 8.05. The van der Waals surface area contributed by atoms with Crippen molar-refractivity contribution < 1.29 is 21.9 Å². The van der Waals surface area contributed by atoms with Gasteiger partial charge in [-0.1, -0.05) is 0 Å². The quantitative estimate of drug-likeness (QED) is 0.779. The molecule has 0 saturated carbocycles. The fourth-order valence-electron chi connectivity index (χ4n) is 1.18. The van der Waals surface area contributed by atoms with Crippen molar-refractivity contribution in [2.24, 2.45) is 0 Å². The third-order valence-corrected chi connectivity index (χ3v) is 1.85. The number of hydrogen-bond donors (Lipinski definition) is 0. The summed E-state index contributed by atoms with van der Waals surface area (Å²) in [5.74, 6) is -1.75. The van der Waals surface area contributed by atoms with Gasteiger partial charge in [0.2, 0.25) is 5.95 Å². The molecule has 1 aromatic rings. The van der Waals surface area contributed by atoms with Gasteiger partial charge in [0.15, 0.2) is 0 Å². The van der Waals surface area contributed by atoms with E-state index in [1.165, 1.54) is 0 Å². The van der Waals surface area contributed by atoms with Crippen molar-refractivity contribution in [1.82, 2.24) is 9.97 Å². The number of rotatable bonds is 2. The van der Waals surface area contributed by atoms with Crippen LogP contribution < -0.4 is 9.80 Å². The standard InChI is InChI=1S/C12H18N4/c1-2-8-15(7-1)11-5-6-13-12(14-11)16-9-3-4-10-16/h5-6H,1-4,7-10H2/i1D2,2D2,3D2,4D2,7D2,8D2,9D2,10D2. The molecule has 0 spiro atoms. The van der Waals surface area contributed by atoms with Crippen molar-refractivity contribution in [2.45, 2.75) is 25.5 Å². The molecule has 0 atom stereocenters. The first-order valence-corrected chi connectivity index (χ1v) is 4.39. The largest absolute Gasteiger partial charge is 0.356 e. The summed E-state index contributed by atoms with van der Waals surface area (Å²) in [5, 5.41) is 0. The lowest BCUT2D eigenvalue weighted by molar-refractivity contribution is 0.871. The average molecular weight is 234 g/mol. The van der Waals surface area contributed by atoms with Crippen LogP contribution in [0, 0.1) is 0 Å². The first-order chi connectivity index (χ1) is 14.0. The third-order valence-electron chi connectivity index (χ3n) is 1.85. The minimum Gasteiger partial charge on any atom is -0.356 e. The highest BCUT2D eigenvalue weighted by atomic mass is 15.3. The maximum Gasteiger partial charge on any atom is 0.227 e. The molecule has 86 valence electrons. The van der Waals surface area contributed by atoms with E-state index >= 15 is 0 Å². The van der Waals surface area contributed by atoms with E-state index < -0.39 is 63.2 Å². The Hall–Kier alpha value is -1.32. The molecule has 0 unspecified atom stereocenters. The molecule has 3 heterocycles. The molecule has 0 aliphatic carbocycles. The zero-order chi connectivity index (χ0) is 25.1. The Morgan fingerprint density at radius 3 is 2.31 bits per heavy atom. The van der Waals surface area contributed by atoms with Crippen molar-refractivity contribution in [3.05, 3.63) is 12.3 Å². The van der Waals surface area contributed by atoms with Crippen LogP contribution in [-0.4, -0.2) is 36.0 Å². The van der Waals surface area contributed by atoms with E-state index in [0.29, 0.717) is 0 Å². The molecule has 0 N–H and O–H groups in total. The summed E-state index contributed by atoms with van der Waals surface area (Å²) < 4.78 is 127. The van der Waals surface area contributed by atoms with E-state index in [2.05, 4.69) is 9.97 Å². The van der Waals surface area contributed by atoms with Gasteiger partial charge in [0.1, 0.15) is 5.82 Å². The van der Waals surface area contributed by atoms with E-state index in [0.717, 1.165) is 12.3 Å². The van der Waals surface area contributed by atoms with Gasteiger partial charge in [-0.25, -0.2) is 4.98 Å². The van der Waals surface area contributed by atoms with Crippen LogP contribution in [0.2, 0.25) is 0 Å². The smallest absolute Gasteiger partial charge is 0.227 e. The highest BCUT2D eigenvalue weighted by molar-refractivity contribution is 5.44. The van der Waals surface area contributed by atoms with Crippen LogP contribution in [0.3, 0.4) is 0 Å². The van der Waals surface area contributed by atoms with Gasteiger partial charge in [0.25, 0.3) is 0 Å². The van der Waals surface area contributed by atoms with Crippen molar-refractivity contribution in [3.63, 3.8) is 0 Å². The molecule has 3 rings (SSSR count). The minimum atomic E-state index is -3.41. The van der Waals surface area contributed by atoms with Crippen LogP contribution in [0.5, 0.6) is 0 Å². The molecule has 4 nitrogen and oxygen atoms in total. The van der Waals surface area contributed by atoms with Gasteiger partial charge in [-0.2, -0.15) is 4.98 Å². The minimum absolute atomic E-state index is 0.0198. The zero-order valence-electron chi connectivity index (χ0n) is 23.9. The van der Waals surface area contributed by atoms with Gasteiger partial charge in [0, 0.05) is 54.1 Å². The summed E-state index contributed by atoms with van der Waals surface area (Å²) in [6.45, 7) is -13.4. The monoisotopic (exact) mass is 234 g/mol. The number of aromatic nitrogens is 2. The second-order valence-electron chi connectivity index (χ2n) is 2.83. The van der Waals surface area contributed by atoms with Gasteiger partial charge < -0.3 is 9.80 Å². The fraction of sp³-hybridized carbons (Fsp3) is 0.667. The van der Waals surface area contributed by atoms with Crippen molar-refractivity contribution in [1.29, 1.82) is 0 Å². The molecule has 4 heteroatoms. The Bertz CT molecular complexity index is 819. The molecule has 0 radical (unpaired) electrons. The van der Waals surface area contributed by atoms with Crippen LogP contribution in [0.1, 0.15) is 47.4 Å². The summed E-state index contributed by atoms with van der Waals surface area (Å²) in [5.41, 5.74) is 0. The maximum atomic E-state index is 8.05. The van der Waals surface area contributed by atoms with Crippen molar-refractivity contribution in [2.75, 3.05) is 35.8 Å². The molecule has 0 aromatic carbocycles. The molecule has 2 saturated heterocycles. The summed E-state index contributed by atoms with van der Waals surface area (Å²) >= 11 is 0. The SMILES string of the molecule is [2H]C1([2H])N(c2ccnc(N3C([2H])([2H])C([2H])([2H])C([2H])([2H])C3([2H])[2H])n2)C([2H])([2H])C([2H])([2H])C1([2H])[2H]. The van der Waals surface area contributed by atoms with Gasteiger partial charge in [-0.15, -0.1) is 0 Å². The van der Waals surface area contributed by atoms with E-state index in [1.54, 1.807) is 0 Å². The summed E-state index contributed by atoms with van der Waals surface area (Å²) in [7, 11) is 0. The molecule has 2 aliphatic rings. The summed E-state index contributed by atoms with van der Waals surface area (Å²) in [4.78, 5) is 7.35. The lowest BCUT2D eigenvalue weighted by Gasteiger charge is -2.19. The fourth-order valence-corrected chi connectivity index (χ4v) is 1.18. The van der Waals surface area contributed by atoms with Crippen LogP contribution in [0.4, 0.5) is 11.8 Å². The Morgan fingerprint density at radius 1 is 1.00 bits per heavy atom. The lowest BCUT2D eigenvalue weighted by atomic mass is 10.4. The Morgan fingerprint density at radius 2 is 1.62 bits per heavy atom. The Kier molecular flexibility index (Phi) is 0.687. The summed E-state index contributed by atoms with van der Waals surface area (Å²) in [6.07, 6.45) is -12.8. The first-order valence-electron chi connectivity index (χ1n) is 12.4. The number of hydrogen-bond acceptors (Lipinski definition) is 4. The van der Waals surface area contributed by atoms with Crippen LogP contribution in [0.25, 0.3) is 0 Å². The normalized spacial score (nSPS) is 60.8. The van der Waals surface area contributed by atoms with Crippen molar-refractivity contribution >= 4 is 11.8 Å². The zero-order valence-corrected chi connectivity index (χ0v) is 7.94. The van der Waals surface area contributed by atoms with E-state index in [-0.39, 0.29) is 9.80 Å². The van der Waals surface area contributed by atoms with Crippen molar-refractivity contribution in [3.8, 4) is 0 Å². The molecular weight excluding hydrogens is 200 g/mol. The lowest BCUT2D eigenvalue weighted by Crippen LogP contribution is -2.23. The predicted octanol–water partition coefficient (Wildman–Crippen LogP) is 1.68. The van der Waals surface area contributed by atoms with Gasteiger partial charge >= 0.3 is 0 Å². The van der Waals surface area contributed by atoms with E-state index in [4.69, 9.17) is 21.9 Å². The van der Waals surface area contributed by atoms with Gasteiger partial charge in [0.05, 0.1) is 0 Å². The van der Waals surface area contributed by atoms with Crippen LogP contribution in [0.15, 0.2) is 12.3 Å². The number of nitrogens with zero attached hydrogens (tertiary/aromatic N) is 4. The third kappa shape index (κ3) is 1.84. The van der Waals surface area contributed by atoms with Gasteiger partial charge in [-0.3, -0.25) is 0 Å². The van der Waals surface area contributed by atoms with Crippen LogP contribution in [-0.2, 0) is 0 Å². The molecule has 0 bridgehead atoms.